The van der Waals surface area contributed by atoms with Crippen molar-refractivity contribution in [1.29, 1.82) is 0 Å². The minimum atomic E-state index is -0.561. The first-order valence-corrected chi connectivity index (χ1v) is 16.6. The van der Waals surface area contributed by atoms with Crippen molar-refractivity contribution in [3.05, 3.63) is 98.4 Å². The summed E-state index contributed by atoms with van der Waals surface area (Å²) in [6, 6.07) is 8.76. The number of hydrogen-bond acceptors (Lipinski definition) is 3. The van der Waals surface area contributed by atoms with Gasteiger partial charge in [-0.3, -0.25) is 0 Å². The zero-order valence-electron chi connectivity index (χ0n) is 26.6. The van der Waals surface area contributed by atoms with Gasteiger partial charge in [0, 0.05) is 6.42 Å². The average Bonchev–Trinajstić information content (AvgIpc) is 3.48. The molecule has 3 aliphatic carbocycles. The minimum absolute atomic E-state index is 0.315. The molecule has 0 spiro atoms. The summed E-state index contributed by atoms with van der Waals surface area (Å²) in [4.78, 5) is 26.9. The van der Waals surface area contributed by atoms with Crippen LogP contribution in [0.3, 0.4) is 0 Å². The molecule has 1 aromatic heterocycles. The van der Waals surface area contributed by atoms with Crippen LogP contribution in [0.15, 0.2) is 87.0 Å². The van der Waals surface area contributed by atoms with Gasteiger partial charge in [-0.1, -0.05) is 88.8 Å². The monoisotopic (exact) mass is 583 g/mol. The number of aliphatic hydroxyl groups is 1. The molecule has 7 atom stereocenters. The smallest absolute Gasteiger partial charge is 0.352 e. The van der Waals surface area contributed by atoms with Crippen LogP contribution in [-0.4, -0.2) is 25.1 Å². The Bertz CT molecular complexity index is 1580. The molecule has 3 fully saturated rings. The third kappa shape index (κ3) is 5.30. The lowest BCUT2D eigenvalue weighted by Crippen LogP contribution is -2.39. The molecule has 43 heavy (non-hydrogen) atoms. The number of benzene rings is 1. The number of rotatable bonds is 6. The van der Waals surface area contributed by atoms with Crippen LogP contribution in [0.5, 0.6) is 0 Å². The Morgan fingerprint density at radius 2 is 1.77 bits per heavy atom. The van der Waals surface area contributed by atoms with E-state index in [1.165, 1.54) is 34.9 Å². The summed E-state index contributed by atoms with van der Waals surface area (Å²) < 4.78 is 4.37. The lowest BCUT2D eigenvalue weighted by molar-refractivity contribution is 0.112. The Morgan fingerprint density at radius 1 is 1.00 bits per heavy atom. The number of hydrogen-bond donors (Lipinski definition) is 1. The highest BCUT2D eigenvalue weighted by Crippen LogP contribution is 2.59. The van der Waals surface area contributed by atoms with Crippen LogP contribution in [0, 0.1) is 35.0 Å². The quantitative estimate of drug-likeness (QED) is 0.373. The first-order chi connectivity index (χ1) is 20.6. The van der Waals surface area contributed by atoms with Gasteiger partial charge >= 0.3 is 11.4 Å². The second kappa shape index (κ2) is 11.8. The maximum Gasteiger partial charge on any atom is 0.352 e. The summed E-state index contributed by atoms with van der Waals surface area (Å²) in [5.41, 5.74) is 3.93. The van der Waals surface area contributed by atoms with E-state index in [9.17, 15) is 14.7 Å². The zero-order valence-corrected chi connectivity index (χ0v) is 26.6. The van der Waals surface area contributed by atoms with E-state index < -0.39 is 6.10 Å². The van der Waals surface area contributed by atoms with Crippen molar-refractivity contribution >= 4 is 0 Å². The molecule has 6 rings (SSSR count). The number of fused-ring (bicyclic) bond motifs is 4. The third-order valence-electron chi connectivity index (χ3n) is 11.5. The van der Waals surface area contributed by atoms with E-state index in [0.29, 0.717) is 60.1 Å². The number of nitrogens with zero attached hydrogens (tertiary/aromatic N) is 3. The van der Waals surface area contributed by atoms with E-state index in [2.05, 4.69) is 65.0 Å². The first-order valence-electron chi connectivity index (χ1n) is 16.6. The Labute approximate surface area is 256 Å². The topological polar surface area (TPSA) is 69.2 Å². The molecule has 1 N–H and O–H groups in total. The molecular formula is C37H49N3O3. The van der Waals surface area contributed by atoms with Gasteiger partial charge in [0.2, 0.25) is 0 Å². The van der Waals surface area contributed by atoms with Gasteiger partial charge in [0.25, 0.3) is 0 Å². The molecule has 0 radical (unpaired) electrons. The lowest BCUT2D eigenvalue weighted by atomic mass is 9.61. The number of aliphatic hydroxyl groups excluding tert-OH is 1. The molecule has 0 saturated heterocycles. The molecule has 4 aliphatic rings. The molecule has 1 aliphatic heterocycles. The second-order valence-corrected chi connectivity index (χ2v) is 14.3. The molecule has 0 bridgehead atoms. The van der Waals surface area contributed by atoms with E-state index in [0.717, 1.165) is 17.6 Å². The summed E-state index contributed by atoms with van der Waals surface area (Å²) in [5, 5.41) is 11.0. The van der Waals surface area contributed by atoms with Crippen molar-refractivity contribution in [3.63, 3.8) is 0 Å². The fourth-order valence-corrected chi connectivity index (χ4v) is 8.72. The van der Waals surface area contributed by atoms with Gasteiger partial charge in [0.1, 0.15) is 0 Å². The van der Waals surface area contributed by atoms with Gasteiger partial charge in [-0.2, -0.15) is 0 Å². The van der Waals surface area contributed by atoms with Crippen molar-refractivity contribution in [2.45, 2.75) is 98.3 Å². The summed E-state index contributed by atoms with van der Waals surface area (Å²) in [7, 11) is 0. The van der Waals surface area contributed by atoms with Crippen molar-refractivity contribution in [1.82, 2.24) is 13.9 Å². The third-order valence-corrected chi connectivity index (χ3v) is 11.5. The van der Waals surface area contributed by atoms with Gasteiger partial charge in [0.05, 0.1) is 24.4 Å². The van der Waals surface area contributed by atoms with Gasteiger partial charge in [-0.25, -0.2) is 23.5 Å². The van der Waals surface area contributed by atoms with Crippen molar-refractivity contribution in [2.75, 3.05) is 0 Å². The minimum Gasteiger partial charge on any atom is -0.393 e. The molecule has 1 unspecified atom stereocenters. The highest BCUT2D eigenvalue weighted by atomic mass is 16.3. The molecule has 230 valence electrons. The van der Waals surface area contributed by atoms with E-state index in [1.807, 2.05) is 18.2 Å². The molecule has 2 aromatic rings. The molecule has 6 heteroatoms. The predicted molar refractivity (Wildman–Crippen MR) is 173 cm³/mol. The standard InChI is InChI=1S/C37H49N3O3/c1-24(2)25(3)13-14-26(4)32-17-18-33-27(10-9-20-37(32,33)5)15-16-28-22-30(41)23-34-31(28)19-21-38-35(42)39(36(43)40(34)38)29-11-7-6-8-12-29/h6-8,11-16,19,24-26,30,32-34,41H,9-10,17-18,20-23H2,1-5H3/b14-13+,27-15+,28-16+/t25-,26+,30+,32+,33-,34?,37+/m0/s1. The summed E-state index contributed by atoms with van der Waals surface area (Å²) in [6.45, 7) is 12.2. The van der Waals surface area contributed by atoms with Crippen LogP contribution in [0.2, 0.25) is 0 Å². The average molecular weight is 584 g/mol. The maximum absolute atomic E-state index is 13.6. The van der Waals surface area contributed by atoms with Crippen LogP contribution >= 0.6 is 0 Å². The zero-order chi connectivity index (χ0) is 30.5. The largest absolute Gasteiger partial charge is 0.393 e. The second-order valence-electron chi connectivity index (χ2n) is 14.3. The highest BCUT2D eigenvalue weighted by Gasteiger charge is 2.50. The summed E-state index contributed by atoms with van der Waals surface area (Å²) in [5.74, 6) is 3.14. The van der Waals surface area contributed by atoms with Crippen LogP contribution in [-0.2, 0) is 6.54 Å². The highest BCUT2D eigenvalue weighted by molar-refractivity contribution is 5.42. The van der Waals surface area contributed by atoms with E-state index >= 15 is 0 Å². The van der Waals surface area contributed by atoms with E-state index in [1.54, 1.807) is 22.4 Å². The fraction of sp³-hybridized carbons (Fsp3) is 0.568. The van der Waals surface area contributed by atoms with Crippen LogP contribution < -0.4 is 11.4 Å². The van der Waals surface area contributed by atoms with Crippen molar-refractivity contribution in [3.8, 4) is 5.69 Å². The molecule has 0 amide bonds. The SMILES string of the molecule is CC(C)[C@@H](C)/C=C/[C@@H](C)[C@H]1CC[C@H]2/C(=C/C=C3\C[C@@H](O)CC4C3=CCn3c(=O)n(-c5ccccc5)c(=O)n34)CCC[C@]12C. The Morgan fingerprint density at radius 3 is 2.51 bits per heavy atom. The molecule has 1 aromatic carbocycles. The lowest BCUT2D eigenvalue weighted by Gasteiger charge is -2.44. The molecular weight excluding hydrogens is 534 g/mol. The molecule has 6 nitrogen and oxygen atoms in total. The van der Waals surface area contributed by atoms with Crippen molar-refractivity contribution < 1.29 is 5.11 Å². The van der Waals surface area contributed by atoms with Crippen molar-refractivity contribution in [2.24, 2.45) is 35.0 Å². The molecule has 3 saturated carbocycles. The molecule has 2 heterocycles. The first kappa shape index (κ1) is 29.9. The number of para-hydroxylation sites is 1. The van der Waals surface area contributed by atoms with E-state index in [4.69, 9.17) is 0 Å². The summed E-state index contributed by atoms with van der Waals surface area (Å²) in [6.07, 6.45) is 18.2. The Kier molecular flexibility index (Phi) is 8.18. The number of aromatic nitrogens is 3. The fourth-order valence-electron chi connectivity index (χ4n) is 8.72. The van der Waals surface area contributed by atoms with Gasteiger partial charge < -0.3 is 5.11 Å². The number of allylic oxidation sites excluding steroid dienone is 7. The maximum atomic E-state index is 13.6. The van der Waals surface area contributed by atoms with Crippen LogP contribution in [0.25, 0.3) is 5.69 Å². The van der Waals surface area contributed by atoms with Crippen LogP contribution in [0.1, 0.15) is 85.6 Å². The Hall–Kier alpha value is -3.12. The Balaban J connectivity index is 1.27. The van der Waals surface area contributed by atoms with Gasteiger partial charge in [-0.15, -0.1) is 0 Å². The normalized spacial score (nSPS) is 32.1. The van der Waals surface area contributed by atoms with Gasteiger partial charge in [0.15, 0.2) is 0 Å². The summed E-state index contributed by atoms with van der Waals surface area (Å²) >= 11 is 0. The predicted octanol–water partition coefficient (Wildman–Crippen LogP) is 6.99. The van der Waals surface area contributed by atoms with Gasteiger partial charge in [-0.05, 0) is 96.8 Å². The van der Waals surface area contributed by atoms with E-state index in [-0.39, 0.29) is 17.4 Å². The van der Waals surface area contributed by atoms with Crippen LogP contribution in [0.4, 0.5) is 0 Å².